The van der Waals surface area contributed by atoms with E-state index >= 15 is 0 Å². The molecule has 6 nitrogen and oxygen atoms in total. The van der Waals surface area contributed by atoms with Crippen LogP contribution in [-0.4, -0.2) is 40.8 Å². The van der Waals surface area contributed by atoms with Gasteiger partial charge in [0.15, 0.2) is 0 Å². The highest BCUT2D eigenvalue weighted by Crippen LogP contribution is 2.27. The Balaban J connectivity index is 1.75. The molecule has 1 saturated heterocycles. The summed E-state index contributed by atoms with van der Waals surface area (Å²) in [5.41, 5.74) is 0. The molecule has 3 heterocycles. The van der Waals surface area contributed by atoms with Crippen molar-refractivity contribution in [3.05, 3.63) is 29.9 Å². The molecule has 0 radical (unpaired) electrons. The van der Waals surface area contributed by atoms with Gasteiger partial charge in [-0.3, -0.25) is 0 Å². The largest absolute Gasteiger partial charge is 0.252 e. The van der Waals surface area contributed by atoms with Crippen LogP contribution < -0.4 is 0 Å². The van der Waals surface area contributed by atoms with E-state index in [4.69, 9.17) is 0 Å². The molecule has 0 spiro atoms. The minimum atomic E-state index is -3.33. The summed E-state index contributed by atoms with van der Waals surface area (Å²) in [5.74, 6) is 0. The van der Waals surface area contributed by atoms with Gasteiger partial charge in [-0.1, -0.05) is 11.3 Å². The lowest BCUT2D eigenvalue weighted by Gasteiger charge is -2.19. The van der Waals surface area contributed by atoms with Crippen molar-refractivity contribution in [2.45, 2.75) is 29.5 Å². The summed E-state index contributed by atoms with van der Waals surface area (Å²) in [6.07, 6.45) is 6.04. The lowest BCUT2D eigenvalue weighted by Crippen LogP contribution is -2.31. The second kappa shape index (κ2) is 5.63. The standard InChI is InChI=1S/C12H16N4O2S2/c17-20(18,12-4-2-10-19-12)15-7-1-3-11(5-8-15)16-9-6-13-14-16/h2,4,6,9-11H,1,3,5,7-8H2/t11-/m0/s1. The van der Waals surface area contributed by atoms with E-state index in [0.717, 1.165) is 19.3 Å². The van der Waals surface area contributed by atoms with Gasteiger partial charge in [-0.15, -0.1) is 16.4 Å². The van der Waals surface area contributed by atoms with Crippen LogP contribution in [0.25, 0.3) is 0 Å². The molecule has 0 aromatic carbocycles. The van der Waals surface area contributed by atoms with Gasteiger partial charge >= 0.3 is 0 Å². The Labute approximate surface area is 122 Å². The smallest absolute Gasteiger partial charge is 0.249 e. The van der Waals surface area contributed by atoms with Crippen LogP contribution in [-0.2, 0) is 10.0 Å². The number of thiophene rings is 1. The number of hydrogen-bond donors (Lipinski definition) is 0. The molecule has 0 bridgehead atoms. The Bertz CT molecular complexity index is 637. The van der Waals surface area contributed by atoms with Crippen LogP contribution in [0.5, 0.6) is 0 Å². The molecule has 0 saturated carbocycles. The van der Waals surface area contributed by atoms with Crippen molar-refractivity contribution in [1.29, 1.82) is 0 Å². The summed E-state index contributed by atoms with van der Waals surface area (Å²) in [6.45, 7) is 1.11. The topological polar surface area (TPSA) is 68.1 Å². The highest BCUT2D eigenvalue weighted by molar-refractivity contribution is 7.91. The van der Waals surface area contributed by atoms with Crippen LogP contribution in [0.1, 0.15) is 25.3 Å². The van der Waals surface area contributed by atoms with Crippen molar-refractivity contribution >= 4 is 21.4 Å². The zero-order chi connectivity index (χ0) is 14.0. The van der Waals surface area contributed by atoms with E-state index in [-0.39, 0.29) is 6.04 Å². The number of nitrogens with zero attached hydrogens (tertiary/aromatic N) is 4. The van der Waals surface area contributed by atoms with Crippen LogP contribution in [0.3, 0.4) is 0 Å². The lowest BCUT2D eigenvalue weighted by atomic mass is 10.1. The van der Waals surface area contributed by atoms with Crippen LogP contribution in [0.2, 0.25) is 0 Å². The maximum Gasteiger partial charge on any atom is 0.252 e. The van der Waals surface area contributed by atoms with Gasteiger partial charge in [0.2, 0.25) is 0 Å². The van der Waals surface area contributed by atoms with Crippen molar-refractivity contribution in [2.24, 2.45) is 0 Å². The first-order chi connectivity index (χ1) is 9.68. The highest BCUT2D eigenvalue weighted by Gasteiger charge is 2.28. The van der Waals surface area contributed by atoms with Crippen LogP contribution >= 0.6 is 11.3 Å². The van der Waals surface area contributed by atoms with E-state index in [1.54, 1.807) is 28.0 Å². The highest BCUT2D eigenvalue weighted by atomic mass is 32.2. The fraction of sp³-hybridized carbons (Fsp3) is 0.500. The maximum atomic E-state index is 12.5. The summed E-state index contributed by atoms with van der Waals surface area (Å²) in [6, 6.07) is 3.67. The van der Waals surface area contributed by atoms with Gasteiger partial charge in [-0.05, 0) is 30.7 Å². The van der Waals surface area contributed by atoms with Gasteiger partial charge < -0.3 is 0 Å². The Hall–Kier alpha value is -1.25. The van der Waals surface area contributed by atoms with Gasteiger partial charge in [-0.25, -0.2) is 13.1 Å². The van der Waals surface area contributed by atoms with Crippen LogP contribution in [0.15, 0.2) is 34.1 Å². The average molecular weight is 312 g/mol. The van der Waals surface area contributed by atoms with Gasteiger partial charge in [0.05, 0.1) is 12.2 Å². The van der Waals surface area contributed by atoms with Crippen molar-refractivity contribution in [2.75, 3.05) is 13.1 Å². The zero-order valence-corrected chi connectivity index (χ0v) is 12.6. The van der Waals surface area contributed by atoms with Gasteiger partial charge in [0, 0.05) is 19.3 Å². The molecule has 108 valence electrons. The number of rotatable bonds is 3. The number of hydrogen-bond acceptors (Lipinski definition) is 5. The second-order valence-electron chi connectivity index (χ2n) is 4.80. The zero-order valence-electron chi connectivity index (χ0n) is 10.9. The molecule has 3 rings (SSSR count). The van der Waals surface area contributed by atoms with Crippen molar-refractivity contribution in [3.63, 3.8) is 0 Å². The minimum absolute atomic E-state index is 0.237. The normalized spacial score (nSPS) is 21.7. The molecule has 8 heteroatoms. The molecular formula is C12H16N4O2S2. The Morgan fingerprint density at radius 1 is 1.30 bits per heavy atom. The first kappa shape index (κ1) is 13.7. The fourth-order valence-corrected chi connectivity index (χ4v) is 5.14. The molecule has 0 amide bonds. The van der Waals surface area contributed by atoms with E-state index < -0.39 is 10.0 Å². The fourth-order valence-electron chi connectivity index (χ4n) is 2.51. The molecule has 0 aliphatic carbocycles. The first-order valence-electron chi connectivity index (χ1n) is 6.57. The molecule has 0 unspecified atom stereocenters. The Kier molecular flexibility index (Phi) is 3.86. The molecule has 1 aliphatic rings. The van der Waals surface area contributed by atoms with Crippen molar-refractivity contribution < 1.29 is 8.42 Å². The first-order valence-corrected chi connectivity index (χ1v) is 8.89. The van der Waals surface area contributed by atoms with E-state index in [0.29, 0.717) is 17.3 Å². The quantitative estimate of drug-likeness (QED) is 0.866. The molecule has 20 heavy (non-hydrogen) atoms. The van der Waals surface area contributed by atoms with Gasteiger partial charge in [0.1, 0.15) is 4.21 Å². The van der Waals surface area contributed by atoms with E-state index in [2.05, 4.69) is 10.3 Å². The predicted octanol–water partition coefficient (Wildman–Crippen LogP) is 1.76. The summed E-state index contributed by atoms with van der Waals surface area (Å²) in [5, 5.41) is 9.63. The molecule has 1 aliphatic heterocycles. The molecule has 2 aromatic heterocycles. The van der Waals surface area contributed by atoms with Crippen molar-refractivity contribution in [1.82, 2.24) is 19.3 Å². The van der Waals surface area contributed by atoms with Gasteiger partial charge in [0.25, 0.3) is 10.0 Å². The average Bonchev–Trinajstić information content (AvgIpc) is 3.08. The molecule has 0 N–H and O–H groups in total. The Morgan fingerprint density at radius 2 is 2.20 bits per heavy atom. The third kappa shape index (κ3) is 2.63. The number of sulfonamides is 1. The third-order valence-electron chi connectivity index (χ3n) is 3.56. The summed E-state index contributed by atoms with van der Waals surface area (Å²) in [4.78, 5) is 0. The monoisotopic (exact) mass is 312 g/mol. The van der Waals surface area contributed by atoms with Crippen LogP contribution in [0, 0.1) is 0 Å². The van der Waals surface area contributed by atoms with Crippen LogP contribution in [0.4, 0.5) is 0 Å². The summed E-state index contributed by atoms with van der Waals surface area (Å²) in [7, 11) is -3.33. The SMILES string of the molecule is O=S(=O)(c1cccs1)N1CCC[C@H](n2ccnn2)CC1. The second-order valence-corrected chi connectivity index (χ2v) is 7.92. The van der Waals surface area contributed by atoms with E-state index in [1.165, 1.54) is 11.3 Å². The van der Waals surface area contributed by atoms with E-state index in [1.807, 2.05) is 10.9 Å². The predicted molar refractivity (Wildman–Crippen MR) is 76.0 cm³/mol. The van der Waals surface area contributed by atoms with E-state index in [9.17, 15) is 8.42 Å². The van der Waals surface area contributed by atoms with Gasteiger partial charge in [-0.2, -0.15) is 4.31 Å². The molecule has 2 aromatic rings. The third-order valence-corrected chi connectivity index (χ3v) is 6.83. The molecular weight excluding hydrogens is 296 g/mol. The van der Waals surface area contributed by atoms with Crippen molar-refractivity contribution in [3.8, 4) is 0 Å². The lowest BCUT2D eigenvalue weighted by molar-refractivity contribution is 0.386. The molecule has 1 fully saturated rings. The maximum absolute atomic E-state index is 12.5. The number of aromatic nitrogens is 3. The summed E-state index contributed by atoms with van der Waals surface area (Å²) < 4.78 is 28.8. The summed E-state index contributed by atoms with van der Waals surface area (Å²) >= 11 is 1.27. The molecule has 1 atom stereocenters. The Morgan fingerprint density at radius 3 is 2.90 bits per heavy atom. The minimum Gasteiger partial charge on any atom is -0.249 e.